The zero-order valence-electron chi connectivity index (χ0n) is 8.63. The number of guanidine groups is 1. The monoisotopic (exact) mass is 242 g/mol. The number of hydrogen-bond acceptors (Lipinski definition) is 4. The number of hydrogen-bond donors (Lipinski definition) is 3. The summed E-state index contributed by atoms with van der Waals surface area (Å²) >= 11 is 0. The Morgan fingerprint density at radius 1 is 1.31 bits per heavy atom. The van der Waals surface area contributed by atoms with Crippen molar-refractivity contribution in [3.8, 4) is 0 Å². The van der Waals surface area contributed by atoms with E-state index < -0.39 is 10.0 Å². The van der Waals surface area contributed by atoms with Crippen molar-refractivity contribution in [1.29, 1.82) is 0 Å². The quantitative estimate of drug-likeness (QED) is 0.476. The van der Waals surface area contributed by atoms with Crippen molar-refractivity contribution in [1.82, 2.24) is 4.72 Å². The molecule has 0 radical (unpaired) electrons. The Hall–Kier alpha value is -1.60. The van der Waals surface area contributed by atoms with Gasteiger partial charge in [0.05, 0.1) is 11.4 Å². The smallest absolute Gasteiger partial charge is 0.264 e. The molecule has 0 unspecified atom stereocenters. The lowest BCUT2D eigenvalue weighted by molar-refractivity contribution is 0.592. The second-order valence-corrected chi connectivity index (χ2v) is 4.66. The predicted octanol–water partition coefficient (Wildman–Crippen LogP) is -0.762. The molecule has 1 aromatic rings. The van der Waals surface area contributed by atoms with Gasteiger partial charge in [-0.25, -0.2) is 13.1 Å². The van der Waals surface area contributed by atoms with Crippen LogP contribution in [0.2, 0.25) is 0 Å². The highest BCUT2D eigenvalue weighted by Gasteiger charge is 2.13. The lowest BCUT2D eigenvalue weighted by Gasteiger charge is -2.06. The summed E-state index contributed by atoms with van der Waals surface area (Å²) in [7, 11) is -3.64. The minimum Gasteiger partial charge on any atom is -0.369 e. The first-order chi connectivity index (χ1) is 7.56. The molecule has 0 aliphatic carbocycles. The Labute approximate surface area is 94.4 Å². The largest absolute Gasteiger partial charge is 0.369 e. The number of rotatable bonds is 4. The SMILES string of the molecule is NCCN=C(N)NS(=O)(=O)c1ccccc1. The highest BCUT2D eigenvalue weighted by molar-refractivity contribution is 7.90. The van der Waals surface area contributed by atoms with Crippen LogP contribution in [0.4, 0.5) is 0 Å². The average Bonchev–Trinajstić information content (AvgIpc) is 2.27. The Kier molecular flexibility index (Phi) is 4.27. The van der Waals surface area contributed by atoms with Gasteiger partial charge >= 0.3 is 0 Å². The van der Waals surface area contributed by atoms with E-state index in [1.54, 1.807) is 18.2 Å². The molecule has 0 aliphatic heterocycles. The van der Waals surface area contributed by atoms with Crippen LogP contribution >= 0.6 is 0 Å². The van der Waals surface area contributed by atoms with Crippen LogP contribution in [0.25, 0.3) is 0 Å². The third-order valence-electron chi connectivity index (χ3n) is 1.70. The molecule has 5 N–H and O–H groups in total. The molecule has 1 aromatic carbocycles. The van der Waals surface area contributed by atoms with E-state index in [2.05, 4.69) is 9.71 Å². The minimum atomic E-state index is -3.64. The summed E-state index contributed by atoms with van der Waals surface area (Å²) in [6, 6.07) is 7.92. The van der Waals surface area contributed by atoms with E-state index in [4.69, 9.17) is 11.5 Å². The first-order valence-corrected chi connectivity index (χ1v) is 6.12. The van der Waals surface area contributed by atoms with E-state index >= 15 is 0 Å². The summed E-state index contributed by atoms with van der Waals surface area (Å²) in [6.07, 6.45) is 0. The Balaban J connectivity index is 2.81. The van der Waals surface area contributed by atoms with Gasteiger partial charge < -0.3 is 11.5 Å². The van der Waals surface area contributed by atoms with Crippen molar-refractivity contribution < 1.29 is 8.42 Å². The maximum absolute atomic E-state index is 11.7. The Bertz CT molecular complexity index is 456. The topological polar surface area (TPSA) is 111 Å². The second-order valence-electron chi connectivity index (χ2n) is 2.97. The van der Waals surface area contributed by atoms with Crippen molar-refractivity contribution in [2.75, 3.05) is 13.1 Å². The van der Waals surface area contributed by atoms with Crippen molar-refractivity contribution in [3.63, 3.8) is 0 Å². The zero-order chi connectivity index (χ0) is 12.0. The van der Waals surface area contributed by atoms with Gasteiger partial charge in [0, 0.05) is 6.54 Å². The fraction of sp³-hybridized carbons (Fsp3) is 0.222. The molecular weight excluding hydrogens is 228 g/mol. The number of aliphatic imine (C=N–C) groups is 1. The maximum Gasteiger partial charge on any atom is 0.264 e. The van der Waals surface area contributed by atoms with Crippen LogP contribution in [0, 0.1) is 0 Å². The fourth-order valence-electron chi connectivity index (χ4n) is 1.01. The molecule has 6 nitrogen and oxygen atoms in total. The number of benzene rings is 1. The first-order valence-electron chi connectivity index (χ1n) is 4.64. The van der Waals surface area contributed by atoms with Gasteiger partial charge in [-0.15, -0.1) is 0 Å². The van der Waals surface area contributed by atoms with Crippen LogP contribution < -0.4 is 16.2 Å². The van der Waals surface area contributed by atoms with Crippen molar-refractivity contribution in [2.45, 2.75) is 4.90 Å². The zero-order valence-corrected chi connectivity index (χ0v) is 9.44. The Morgan fingerprint density at radius 2 is 1.94 bits per heavy atom. The molecule has 16 heavy (non-hydrogen) atoms. The normalized spacial score (nSPS) is 12.4. The molecule has 0 aromatic heterocycles. The number of nitrogens with zero attached hydrogens (tertiary/aromatic N) is 1. The molecule has 7 heteroatoms. The van der Waals surface area contributed by atoms with Crippen LogP contribution in [-0.2, 0) is 10.0 Å². The number of sulfonamides is 1. The van der Waals surface area contributed by atoms with E-state index in [-0.39, 0.29) is 17.4 Å². The molecule has 88 valence electrons. The van der Waals surface area contributed by atoms with E-state index in [1.165, 1.54) is 12.1 Å². The lowest BCUT2D eigenvalue weighted by atomic mass is 10.4. The summed E-state index contributed by atoms with van der Waals surface area (Å²) in [6.45, 7) is 0.594. The van der Waals surface area contributed by atoms with Crippen molar-refractivity contribution >= 4 is 16.0 Å². The van der Waals surface area contributed by atoms with E-state index in [0.717, 1.165) is 0 Å². The van der Waals surface area contributed by atoms with Gasteiger partial charge in [-0.2, -0.15) is 0 Å². The summed E-state index contributed by atoms with van der Waals surface area (Å²) in [5, 5.41) is 0. The molecule has 0 amide bonds. The van der Waals surface area contributed by atoms with Crippen LogP contribution in [0.1, 0.15) is 0 Å². The molecule has 0 spiro atoms. The highest BCUT2D eigenvalue weighted by Crippen LogP contribution is 2.06. The third kappa shape index (κ3) is 3.52. The molecular formula is C9H14N4O2S. The van der Waals surface area contributed by atoms with Gasteiger partial charge in [0.2, 0.25) is 5.96 Å². The molecule has 0 aliphatic rings. The van der Waals surface area contributed by atoms with Crippen LogP contribution in [0.3, 0.4) is 0 Å². The third-order valence-corrected chi connectivity index (χ3v) is 3.07. The molecule has 1 rings (SSSR count). The van der Waals surface area contributed by atoms with Gasteiger partial charge in [-0.05, 0) is 12.1 Å². The van der Waals surface area contributed by atoms with Crippen LogP contribution in [-0.4, -0.2) is 27.5 Å². The van der Waals surface area contributed by atoms with Crippen LogP contribution in [0.15, 0.2) is 40.2 Å². The summed E-state index contributed by atoms with van der Waals surface area (Å²) in [4.78, 5) is 3.87. The number of nitrogens with two attached hydrogens (primary N) is 2. The molecule has 0 saturated carbocycles. The predicted molar refractivity (Wildman–Crippen MR) is 62.3 cm³/mol. The van der Waals surface area contributed by atoms with Crippen molar-refractivity contribution in [3.05, 3.63) is 30.3 Å². The molecule has 0 heterocycles. The van der Waals surface area contributed by atoms with Gasteiger partial charge in [0.15, 0.2) is 0 Å². The minimum absolute atomic E-state index is 0.140. The van der Waals surface area contributed by atoms with Crippen molar-refractivity contribution in [2.24, 2.45) is 16.5 Å². The Morgan fingerprint density at radius 3 is 2.50 bits per heavy atom. The van der Waals surface area contributed by atoms with E-state index in [0.29, 0.717) is 6.54 Å². The second kappa shape index (κ2) is 5.47. The lowest BCUT2D eigenvalue weighted by Crippen LogP contribution is -2.37. The molecule has 0 fully saturated rings. The average molecular weight is 242 g/mol. The van der Waals surface area contributed by atoms with E-state index in [9.17, 15) is 8.42 Å². The van der Waals surface area contributed by atoms with E-state index in [1.807, 2.05) is 0 Å². The summed E-state index contributed by atoms with van der Waals surface area (Å²) in [5.41, 5.74) is 10.6. The maximum atomic E-state index is 11.7. The van der Waals surface area contributed by atoms with Gasteiger partial charge in [-0.3, -0.25) is 4.99 Å². The fourth-order valence-corrected chi connectivity index (χ4v) is 1.99. The number of nitrogens with one attached hydrogen (secondary N) is 1. The van der Waals surface area contributed by atoms with Gasteiger partial charge in [-0.1, -0.05) is 18.2 Å². The first kappa shape index (κ1) is 12.5. The van der Waals surface area contributed by atoms with Gasteiger partial charge in [0.25, 0.3) is 10.0 Å². The molecule has 0 atom stereocenters. The highest BCUT2D eigenvalue weighted by atomic mass is 32.2. The molecule has 0 bridgehead atoms. The van der Waals surface area contributed by atoms with Gasteiger partial charge in [0.1, 0.15) is 0 Å². The van der Waals surface area contributed by atoms with Crippen LogP contribution in [0.5, 0.6) is 0 Å². The standard InChI is InChI=1S/C9H14N4O2S/c10-6-7-12-9(11)13-16(14,15)8-4-2-1-3-5-8/h1-5H,6-7,10H2,(H3,11,12,13). The molecule has 0 saturated heterocycles. The summed E-state index contributed by atoms with van der Waals surface area (Å²) < 4.78 is 25.6. The summed E-state index contributed by atoms with van der Waals surface area (Å²) in [5.74, 6) is -0.158.